The van der Waals surface area contributed by atoms with E-state index in [1.54, 1.807) is 6.92 Å². The normalized spacial score (nSPS) is 10.4. The summed E-state index contributed by atoms with van der Waals surface area (Å²) in [4.78, 5) is 0. The van der Waals surface area contributed by atoms with Gasteiger partial charge in [0.15, 0.2) is 0 Å². The molecule has 0 saturated heterocycles. The van der Waals surface area contributed by atoms with Gasteiger partial charge in [0.25, 0.3) is 0 Å². The molecule has 14 heavy (non-hydrogen) atoms. The first-order valence-corrected chi connectivity index (χ1v) is 6.39. The summed E-state index contributed by atoms with van der Waals surface area (Å²) in [6.07, 6.45) is 0. The highest BCUT2D eigenvalue weighted by Gasteiger charge is 1.95. The molecule has 0 N–H and O–H groups in total. The largest absolute Gasteiger partial charge is 0.317 e. The van der Waals surface area contributed by atoms with Crippen LogP contribution in [-0.2, 0) is 8.26 Å². The molecule has 0 saturated carbocycles. The van der Waals surface area contributed by atoms with Gasteiger partial charge in [0.05, 0.1) is 0 Å². The van der Waals surface area contributed by atoms with E-state index in [0.29, 0.717) is 5.56 Å². The van der Waals surface area contributed by atoms with Crippen molar-refractivity contribution in [2.45, 2.75) is 6.92 Å². The van der Waals surface area contributed by atoms with Crippen molar-refractivity contribution in [1.29, 1.82) is 0 Å². The molecule has 0 radical (unpaired) electrons. The van der Waals surface area contributed by atoms with E-state index >= 15 is 0 Å². The van der Waals surface area contributed by atoms with Gasteiger partial charge in [-0.25, -0.2) is 8.78 Å². The topological polar surface area (TPSA) is 34.1 Å². The number of aryl methyl sites for hydroxylation is 1. The first kappa shape index (κ1) is 13.6. The maximum atomic E-state index is 12.3. The van der Waals surface area contributed by atoms with Crippen LogP contribution in [0.25, 0.3) is 0 Å². The van der Waals surface area contributed by atoms with E-state index in [2.05, 4.69) is 21.4 Å². The molecule has 0 aliphatic heterocycles. The molecule has 1 aromatic carbocycles. The second-order valence-electron chi connectivity index (χ2n) is 2.27. The van der Waals surface area contributed by atoms with Gasteiger partial charge < -0.3 is 0 Å². The van der Waals surface area contributed by atoms with Crippen molar-refractivity contribution in [2.24, 2.45) is 0 Å². The molecule has 80 valence electrons. The van der Waals surface area contributed by atoms with Crippen molar-refractivity contribution in [1.82, 2.24) is 0 Å². The van der Waals surface area contributed by atoms with E-state index < -0.39 is 19.9 Å². The van der Waals surface area contributed by atoms with Crippen LogP contribution in [-0.4, -0.2) is 8.42 Å². The first-order valence-electron chi connectivity index (χ1n) is 3.26. The van der Waals surface area contributed by atoms with E-state index in [4.69, 9.17) is 8.42 Å². The Kier molecular flexibility index (Phi) is 5.33. The molecule has 0 aliphatic carbocycles. The van der Waals surface area contributed by atoms with Crippen LogP contribution in [0.5, 0.6) is 0 Å². The maximum Gasteiger partial charge on any atom is 0.317 e. The molecular weight excluding hydrogens is 257 g/mol. The Morgan fingerprint density at radius 1 is 1.21 bits per heavy atom. The molecule has 0 amide bonds. The first-order chi connectivity index (χ1) is 6.20. The molecule has 0 bridgehead atoms. The predicted octanol–water partition coefficient (Wildman–Crippen LogP) is 2.98. The number of benzene rings is 1. The molecule has 0 fully saturated rings. The van der Waals surface area contributed by atoms with Gasteiger partial charge in [-0.2, -0.15) is 8.42 Å². The van der Waals surface area contributed by atoms with Crippen LogP contribution in [0.4, 0.5) is 8.78 Å². The fourth-order valence-electron chi connectivity index (χ4n) is 0.567. The Bertz CT molecular complexity index is 398. The lowest BCUT2D eigenvalue weighted by Crippen LogP contribution is -1.81. The fraction of sp³-hybridized carbons (Fsp3) is 0.143. The molecule has 2 nitrogen and oxygen atoms in total. The number of rotatable bonds is 0. The summed E-state index contributed by atoms with van der Waals surface area (Å²) < 4.78 is 42.8. The Morgan fingerprint density at radius 3 is 1.93 bits per heavy atom. The van der Waals surface area contributed by atoms with Crippen molar-refractivity contribution in [3.05, 3.63) is 35.4 Å². The smallest absolute Gasteiger partial charge is 0.207 e. The third-order valence-corrected chi connectivity index (χ3v) is 1.13. The molecule has 1 rings (SSSR count). The van der Waals surface area contributed by atoms with Crippen LogP contribution in [0.2, 0.25) is 0 Å². The third kappa shape index (κ3) is 8.22. The van der Waals surface area contributed by atoms with Gasteiger partial charge in [0, 0.05) is 27.4 Å². The zero-order valence-electron chi connectivity index (χ0n) is 6.97. The highest BCUT2D eigenvalue weighted by Crippen LogP contribution is 2.06. The van der Waals surface area contributed by atoms with Gasteiger partial charge in [0.2, 0.25) is 0 Å². The van der Waals surface area contributed by atoms with Gasteiger partial charge in [-0.3, -0.25) is 0 Å². The van der Waals surface area contributed by atoms with Crippen molar-refractivity contribution in [3.8, 4) is 0 Å². The number of hydrogen-bond donors (Lipinski definition) is 0. The average molecular weight is 263 g/mol. The summed E-state index contributed by atoms with van der Waals surface area (Å²) in [5.41, 5.74) is 0.469. The van der Waals surface area contributed by atoms with Gasteiger partial charge >= 0.3 is 8.26 Å². The maximum absolute atomic E-state index is 12.3. The number of halogens is 4. The number of hydrogen-bond acceptors (Lipinski definition) is 2. The Labute approximate surface area is 89.4 Å². The molecule has 7 heteroatoms. The van der Waals surface area contributed by atoms with Crippen LogP contribution < -0.4 is 0 Å². The van der Waals surface area contributed by atoms with E-state index in [9.17, 15) is 8.78 Å². The van der Waals surface area contributed by atoms with E-state index in [0.717, 1.165) is 6.07 Å². The van der Waals surface area contributed by atoms with Crippen molar-refractivity contribution >= 4 is 29.6 Å². The Balaban J connectivity index is 0.000000292. The minimum Gasteiger partial charge on any atom is -0.207 e. The molecule has 1 aromatic rings. The van der Waals surface area contributed by atoms with Crippen molar-refractivity contribution in [2.75, 3.05) is 0 Å². The lowest BCUT2D eigenvalue weighted by atomic mass is 10.2. The summed E-state index contributed by atoms with van der Waals surface area (Å²) in [5, 5.41) is 0. The quantitative estimate of drug-likeness (QED) is 0.674. The Morgan fingerprint density at radius 2 is 1.64 bits per heavy atom. The zero-order valence-corrected chi connectivity index (χ0v) is 9.30. The second-order valence-corrected chi connectivity index (χ2v) is 5.94. The van der Waals surface area contributed by atoms with Crippen LogP contribution in [0, 0.1) is 18.6 Å². The van der Waals surface area contributed by atoms with Crippen molar-refractivity contribution < 1.29 is 17.2 Å². The van der Waals surface area contributed by atoms with Crippen molar-refractivity contribution in [3.63, 3.8) is 0 Å². The highest BCUT2D eigenvalue weighted by molar-refractivity contribution is 8.31. The summed E-state index contributed by atoms with van der Waals surface area (Å²) in [6.45, 7) is 1.59. The summed E-state index contributed by atoms with van der Waals surface area (Å²) in [7, 11) is 4.81. The molecule has 0 heterocycles. The van der Waals surface area contributed by atoms with Gasteiger partial charge in [-0.1, -0.05) is 6.07 Å². The van der Waals surface area contributed by atoms with E-state index in [-0.39, 0.29) is 0 Å². The highest BCUT2D eigenvalue weighted by atomic mass is 36.0. The average Bonchev–Trinajstić information content (AvgIpc) is 1.94. The summed E-state index contributed by atoms with van der Waals surface area (Å²) in [6, 6.07) is 3.51. The molecule has 0 atom stereocenters. The molecule has 0 unspecified atom stereocenters. The zero-order chi connectivity index (χ0) is 11.4. The SMILES string of the molecule is Cc1ccc(F)cc1F.O=S(=O)(Cl)Cl. The second kappa shape index (κ2) is 5.48. The van der Waals surface area contributed by atoms with Crippen LogP contribution in [0.15, 0.2) is 18.2 Å². The lowest BCUT2D eigenvalue weighted by Gasteiger charge is -1.92. The molecule has 0 aromatic heterocycles. The monoisotopic (exact) mass is 262 g/mol. The van der Waals surface area contributed by atoms with E-state index in [1.165, 1.54) is 12.1 Å². The standard InChI is InChI=1S/C7H6F2.Cl2O2S/c1-5-2-3-6(8)4-7(5)9;1-5(2,3)4/h2-4H,1H3;. The molecule has 0 spiro atoms. The fourth-order valence-corrected chi connectivity index (χ4v) is 0.567. The third-order valence-electron chi connectivity index (χ3n) is 1.13. The van der Waals surface area contributed by atoms with Gasteiger partial charge in [-0.15, -0.1) is 0 Å². The van der Waals surface area contributed by atoms with Crippen LogP contribution >= 0.6 is 21.4 Å². The van der Waals surface area contributed by atoms with Gasteiger partial charge in [0.1, 0.15) is 11.6 Å². The van der Waals surface area contributed by atoms with Gasteiger partial charge in [-0.05, 0) is 18.6 Å². The minimum absolute atomic E-state index is 0.469. The Hall–Kier alpha value is -0.390. The van der Waals surface area contributed by atoms with Crippen LogP contribution in [0.1, 0.15) is 5.56 Å². The lowest BCUT2D eigenvalue weighted by molar-refractivity contribution is 0.577. The summed E-state index contributed by atoms with van der Waals surface area (Å²) in [5.74, 6) is -1.02. The molecule has 0 aliphatic rings. The minimum atomic E-state index is -3.72. The van der Waals surface area contributed by atoms with Crippen LogP contribution in [0.3, 0.4) is 0 Å². The van der Waals surface area contributed by atoms with E-state index in [1.807, 2.05) is 0 Å². The molecular formula is C7H6Cl2F2O2S. The predicted molar refractivity (Wildman–Crippen MR) is 51.7 cm³/mol. The summed E-state index contributed by atoms with van der Waals surface area (Å²) >= 11 is 0.